The van der Waals surface area contributed by atoms with Crippen molar-refractivity contribution in [2.75, 3.05) is 7.11 Å². The number of hydrogen-bond donors (Lipinski definition) is 1. The number of carbonyl (C=O) groups is 1. The quantitative estimate of drug-likeness (QED) is 0.865. The Balaban J connectivity index is 2.09. The molecule has 0 saturated carbocycles. The number of nitrogens with one attached hydrogen (secondary N) is 1. The minimum Gasteiger partial charge on any atom is -0.466 e. The van der Waals surface area contributed by atoms with Crippen LogP contribution in [-0.4, -0.2) is 13.1 Å². The molecule has 1 heterocycles. The Morgan fingerprint density at radius 3 is 2.82 bits per heavy atom. The van der Waals surface area contributed by atoms with Crippen LogP contribution in [0.4, 0.5) is 4.39 Å². The van der Waals surface area contributed by atoms with Crippen molar-refractivity contribution in [3.8, 4) is 0 Å². The second-order valence-corrected chi connectivity index (χ2v) is 5.16. The van der Waals surface area contributed by atoms with E-state index in [9.17, 15) is 9.18 Å². The number of ether oxygens (including phenoxy) is 1. The topological polar surface area (TPSA) is 38.3 Å². The van der Waals surface area contributed by atoms with Crippen LogP contribution in [0.5, 0.6) is 0 Å². The number of halogens is 1. The summed E-state index contributed by atoms with van der Waals surface area (Å²) in [5, 5.41) is 3.31. The fourth-order valence-electron chi connectivity index (χ4n) is 2.69. The third kappa shape index (κ3) is 2.78. The van der Waals surface area contributed by atoms with Crippen LogP contribution in [0.2, 0.25) is 0 Å². The molecule has 112 valence electrons. The first-order valence-electron chi connectivity index (χ1n) is 7.05. The molecular formula is C18H16FNO2. The molecule has 1 unspecified atom stereocenters. The van der Waals surface area contributed by atoms with E-state index in [2.05, 4.69) is 5.32 Å². The molecule has 2 aromatic rings. The van der Waals surface area contributed by atoms with E-state index >= 15 is 0 Å². The van der Waals surface area contributed by atoms with Crippen LogP contribution in [-0.2, 0) is 16.1 Å². The maximum absolute atomic E-state index is 13.5. The Kier molecular flexibility index (Phi) is 4.02. The van der Waals surface area contributed by atoms with E-state index in [0.29, 0.717) is 17.7 Å². The highest BCUT2D eigenvalue weighted by Crippen LogP contribution is 2.29. The molecule has 1 aliphatic heterocycles. The molecule has 0 aliphatic carbocycles. The molecule has 0 radical (unpaired) electrons. The molecule has 3 nitrogen and oxygen atoms in total. The Labute approximate surface area is 128 Å². The fraction of sp³-hybridized carbons (Fsp3) is 0.167. The van der Waals surface area contributed by atoms with Gasteiger partial charge in [-0.2, -0.15) is 0 Å². The van der Waals surface area contributed by atoms with Crippen molar-refractivity contribution in [1.82, 2.24) is 5.32 Å². The monoisotopic (exact) mass is 297 g/mol. The van der Waals surface area contributed by atoms with Gasteiger partial charge in [0, 0.05) is 6.54 Å². The first-order valence-corrected chi connectivity index (χ1v) is 7.05. The normalized spacial score (nSPS) is 17.2. The van der Waals surface area contributed by atoms with Gasteiger partial charge in [0.15, 0.2) is 0 Å². The van der Waals surface area contributed by atoms with Crippen molar-refractivity contribution in [3.63, 3.8) is 0 Å². The lowest BCUT2D eigenvalue weighted by Gasteiger charge is -2.19. The van der Waals surface area contributed by atoms with E-state index in [1.807, 2.05) is 30.3 Å². The Morgan fingerprint density at radius 1 is 1.23 bits per heavy atom. The second-order valence-electron chi connectivity index (χ2n) is 5.16. The average Bonchev–Trinajstić information content (AvgIpc) is 2.73. The van der Waals surface area contributed by atoms with Gasteiger partial charge in [0.1, 0.15) is 5.82 Å². The van der Waals surface area contributed by atoms with Crippen LogP contribution >= 0.6 is 0 Å². The molecule has 2 aromatic carbocycles. The van der Waals surface area contributed by atoms with Crippen molar-refractivity contribution < 1.29 is 13.9 Å². The third-order valence-electron chi connectivity index (χ3n) is 3.78. The zero-order chi connectivity index (χ0) is 15.5. The van der Waals surface area contributed by atoms with Crippen LogP contribution in [0.1, 0.15) is 22.7 Å². The first kappa shape index (κ1) is 14.5. The van der Waals surface area contributed by atoms with E-state index in [-0.39, 0.29) is 5.82 Å². The average molecular weight is 297 g/mol. The molecule has 0 saturated heterocycles. The number of methoxy groups -OCH3 is 1. The van der Waals surface area contributed by atoms with Gasteiger partial charge in [0.05, 0.1) is 18.7 Å². The number of carbonyl (C=O) groups excluding carboxylic acids is 1. The Hall–Kier alpha value is -2.46. The minimum absolute atomic E-state index is 0.328. The standard InChI is InChI=1S/C18H16FNO2/c1-22-18(21)16-10-12-5-2-3-6-14(12)11-20-17(16)13-7-4-8-15(19)9-13/h2-10,17,20H,11H2,1H3. The molecule has 4 heteroatoms. The zero-order valence-corrected chi connectivity index (χ0v) is 12.2. The van der Waals surface area contributed by atoms with Crippen molar-refractivity contribution in [1.29, 1.82) is 0 Å². The summed E-state index contributed by atoms with van der Waals surface area (Å²) in [7, 11) is 1.35. The molecule has 1 N–H and O–H groups in total. The van der Waals surface area contributed by atoms with E-state index < -0.39 is 12.0 Å². The lowest BCUT2D eigenvalue weighted by molar-refractivity contribution is -0.136. The fourth-order valence-corrected chi connectivity index (χ4v) is 2.69. The maximum Gasteiger partial charge on any atom is 0.335 e. The highest BCUT2D eigenvalue weighted by Gasteiger charge is 2.26. The van der Waals surface area contributed by atoms with Gasteiger partial charge < -0.3 is 10.1 Å². The Bertz CT molecular complexity index is 739. The lowest BCUT2D eigenvalue weighted by Crippen LogP contribution is -2.25. The summed E-state index contributed by atoms with van der Waals surface area (Å²) >= 11 is 0. The van der Waals surface area contributed by atoms with Crippen molar-refractivity contribution in [3.05, 3.63) is 76.6 Å². The molecule has 1 aliphatic rings. The zero-order valence-electron chi connectivity index (χ0n) is 12.2. The summed E-state index contributed by atoms with van der Waals surface area (Å²) in [5.41, 5.74) is 3.22. The molecule has 22 heavy (non-hydrogen) atoms. The van der Waals surface area contributed by atoms with Crippen LogP contribution in [0, 0.1) is 5.82 Å². The summed E-state index contributed by atoms with van der Waals surface area (Å²) in [6.45, 7) is 0.592. The minimum atomic E-state index is -0.418. The summed E-state index contributed by atoms with van der Waals surface area (Å²) in [5.74, 6) is -0.747. The molecule has 0 spiro atoms. The summed E-state index contributed by atoms with van der Waals surface area (Å²) in [6.07, 6.45) is 1.82. The summed E-state index contributed by atoms with van der Waals surface area (Å²) in [4.78, 5) is 12.2. The van der Waals surface area contributed by atoms with Crippen molar-refractivity contribution in [2.45, 2.75) is 12.6 Å². The molecule has 0 fully saturated rings. The van der Waals surface area contributed by atoms with Gasteiger partial charge in [-0.3, -0.25) is 0 Å². The number of esters is 1. The predicted octanol–water partition coefficient (Wildman–Crippen LogP) is 3.23. The van der Waals surface area contributed by atoms with Gasteiger partial charge >= 0.3 is 5.97 Å². The van der Waals surface area contributed by atoms with Gasteiger partial charge in [0.2, 0.25) is 0 Å². The van der Waals surface area contributed by atoms with Gasteiger partial charge in [-0.25, -0.2) is 9.18 Å². The van der Waals surface area contributed by atoms with Gasteiger partial charge in [-0.05, 0) is 34.9 Å². The van der Waals surface area contributed by atoms with Crippen molar-refractivity contribution >= 4 is 12.0 Å². The first-order chi connectivity index (χ1) is 10.7. The molecule has 0 aromatic heterocycles. The van der Waals surface area contributed by atoms with Crippen molar-refractivity contribution in [2.24, 2.45) is 0 Å². The molecule has 0 amide bonds. The Morgan fingerprint density at radius 2 is 2.05 bits per heavy atom. The van der Waals surface area contributed by atoms with E-state index in [4.69, 9.17) is 4.74 Å². The largest absolute Gasteiger partial charge is 0.466 e. The summed E-state index contributed by atoms with van der Waals surface area (Å²) < 4.78 is 18.4. The predicted molar refractivity (Wildman–Crippen MR) is 82.4 cm³/mol. The number of hydrogen-bond acceptors (Lipinski definition) is 3. The van der Waals surface area contributed by atoms with E-state index in [1.54, 1.807) is 12.1 Å². The smallest absolute Gasteiger partial charge is 0.335 e. The second kappa shape index (κ2) is 6.12. The molecule has 3 rings (SSSR count). The van der Waals surface area contributed by atoms with Gasteiger partial charge in [-0.15, -0.1) is 0 Å². The van der Waals surface area contributed by atoms with Crippen LogP contribution in [0.25, 0.3) is 6.08 Å². The van der Waals surface area contributed by atoms with Crippen LogP contribution in [0.15, 0.2) is 54.1 Å². The number of rotatable bonds is 2. The van der Waals surface area contributed by atoms with Crippen LogP contribution in [0.3, 0.4) is 0 Å². The molecule has 0 bridgehead atoms. The molecular weight excluding hydrogens is 281 g/mol. The molecule has 1 atom stereocenters. The maximum atomic E-state index is 13.5. The van der Waals surface area contributed by atoms with Gasteiger partial charge in [0.25, 0.3) is 0 Å². The highest BCUT2D eigenvalue weighted by molar-refractivity contribution is 5.95. The SMILES string of the molecule is COC(=O)C1=Cc2ccccc2CNC1c1cccc(F)c1. The van der Waals surface area contributed by atoms with E-state index in [0.717, 1.165) is 11.1 Å². The summed E-state index contributed by atoms with van der Waals surface area (Å²) in [6, 6.07) is 13.7. The third-order valence-corrected chi connectivity index (χ3v) is 3.78. The number of fused-ring (bicyclic) bond motifs is 1. The highest BCUT2D eigenvalue weighted by atomic mass is 19.1. The van der Waals surface area contributed by atoms with E-state index in [1.165, 1.54) is 19.2 Å². The number of benzene rings is 2. The van der Waals surface area contributed by atoms with Gasteiger partial charge in [-0.1, -0.05) is 36.4 Å². The lowest BCUT2D eigenvalue weighted by atomic mass is 9.97. The van der Waals surface area contributed by atoms with Crippen LogP contribution < -0.4 is 5.32 Å².